The molecular formula is C71H52N4. The molecular weight excluding hydrogens is 909 g/mol. The SMILES string of the molecule is c1ccc(C2=NC(c3ccc4c5cc6ccc7ccccc7c6cc5n(-c5ccccc5)c4c3)=NC(c3ccc(-c4cc(-c5ccccc5)cc(-c5ccc6c(c5)C5(CCCCC5)c5ccccc5-6)c4)cc3)N2)cc1. The van der Waals surface area contributed by atoms with E-state index in [1.165, 1.54) is 120 Å². The maximum absolute atomic E-state index is 5.44. The molecule has 15 rings (SSSR count). The number of aromatic nitrogens is 1. The quantitative estimate of drug-likeness (QED) is 0.159. The van der Waals surface area contributed by atoms with Gasteiger partial charge in [-0.3, -0.25) is 0 Å². The van der Waals surface area contributed by atoms with Crippen LogP contribution in [0.1, 0.15) is 66.1 Å². The molecule has 1 aliphatic heterocycles. The lowest BCUT2D eigenvalue weighted by Crippen LogP contribution is -2.33. The fourth-order valence-corrected chi connectivity index (χ4v) is 12.9. The van der Waals surface area contributed by atoms with E-state index in [4.69, 9.17) is 9.98 Å². The van der Waals surface area contributed by atoms with Gasteiger partial charge in [-0.1, -0.05) is 207 Å². The van der Waals surface area contributed by atoms with Gasteiger partial charge in [0.2, 0.25) is 0 Å². The van der Waals surface area contributed by atoms with Crippen molar-refractivity contribution in [1.82, 2.24) is 9.88 Å². The summed E-state index contributed by atoms with van der Waals surface area (Å²) in [6.45, 7) is 0. The molecule has 75 heavy (non-hydrogen) atoms. The van der Waals surface area contributed by atoms with Crippen LogP contribution in [0.4, 0.5) is 0 Å². The number of amidine groups is 2. The predicted molar refractivity (Wildman–Crippen MR) is 313 cm³/mol. The van der Waals surface area contributed by atoms with Crippen molar-refractivity contribution in [2.24, 2.45) is 9.98 Å². The van der Waals surface area contributed by atoms with Crippen LogP contribution in [0.3, 0.4) is 0 Å². The largest absolute Gasteiger partial charge is 0.344 e. The number of para-hydroxylation sites is 1. The van der Waals surface area contributed by atoms with Crippen LogP contribution in [-0.2, 0) is 5.41 Å². The van der Waals surface area contributed by atoms with Gasteiger partial charge in [0.1, 0.15) is 12.0 Å². The minimum absolute atomic E-state index is 0.0942. The zero-order valence-corrected chi connectivity index (χ0v) is 41.5. The summed E-state index contributed by atoms with van der Waals surface area (Å²) >= 11 is 0. The second-order valence-electron chi connectivity index (χ2n) is 20.8. The summed E-state index contributed by atoms with van der Waals surface area (Å²) in [7, 11) is 0. The fraction of sp³-hybridized carbons (Fsp3) is 0.0986. The third kappa shape index (κ3) is 7.27. The van der Waals surface area contributed by atoms with Crippen molar-refractivity contribution in [2.75, 3.05) is 0 Å². The second kappa shape index (κ2) is 17.5. The Kier molecular flexibility index (Phi) is 10.2. The van der Waals surface area contributed by atoms with E-state index in [0.29, 0.717) is 5.84 Å². The molecule has 1 atom stereocenters. The maximum Gasteiger partial charge on any atom is 0.159 e. The van der Waals surface area contributed by atoms with E-state index in [1.54, 1.807) is 0 Å². The molecule has 3 aliphatic rings. The van der Waals surface area contributed by atoms with Crippen LogP contribution in [0.2, 0.25) is 0 Å². The van der Waals surface area contributed by atoms with Crippen LogP contribution in [0.5, 0.6) is 0 Å². The average molecular weight is 961 g/mol. The van der Waals surface area contributed by atoms with E-state index in [1.807, 2.05) is 0 Å². The molecule has 1 unspecified atom stereocenters. The van der Waals surface area contributed by atoms with Crippen molar-refractivity contribution < 1.29 is 0 Å². The van der Waals surface area contributed by atoms with E-state index in [9.17, 15) is 0 Å². The lowest BCUT2D eigenvalue weighted by atomic mass is 9.67. The Morgan fingerprint density at radius 1 is 0.387 bits per heavy atom. The zero-order chi connectivity index (χ0) is 49.5. The van der Waals surface area contributed by atoms with Gasteiger partial charge in [-0.25, -0.2) is 9.98 Å². The standard InChI is InChI=1S/C71H52N4/c1-5-17-46(18-6-1)54-39-55(41-56(40-54)51-33-35-60-59-25-13-14-26-64(59)71(65(60)43-51)37-15-4-16-38-71)47-27-30-50(31-28-47)69-72-68(49-20-7-2-8-21-49)73-70(74-69)53-34-36-61-63-42-52-32-29-48-19-11-12-24-58(48)62(52)45-67(63)75(66(61)44-53)57-22-9-3-10-23-57/h1-3,5-14,17-36,39-45,69H,4,15-16,37-38H2,(H,72,73,74). The van der Waals surface area contributed by atoms with Gasteiger partial charge in [0.15, 0.2) is 5.84 Å². The highest BCUT2D eigenvalue weighted by Gasteiger charge is 2.43. The van der Waals surface area contributed by atoms with Crippen molar-refractivity contribution in [3.63, 3.8) is 0 Å². The molecule has 0 radical (unpaired) electrons. The zero-order valence-electron chi connectivity index (χ0n) is 41.5. The minimum atomic E-state index is -0.370. The highest BCUT2D eigenvalue weighted by Crippen LogP contribution is 2.56. The summed E-state index contributed by atoms with van der Waals surface area (Å²) < 4.78 is 2.41. The summed E-state index contributed by atoms with van der Waals surface area (Å²) in [6.07, 6.45) is 5.93. The Labute approximate surface area is 437 Å². The van der Waals surface area contributed by atoms with Gasteiger partial charge in [0, 0.05) is 33.0 Å². The van der Waals surface area contributed by atoms with E-state index in [0.717, 1.165) is 39.3 Å². The van der Waals surface area contributed by atoms with Gasteiger partial charge in [0.05, 0.1) is 11.0 Å². The van der Waals surface area contributed by atoms with Crippen LogP contribution < -0.4 is 5.32 Å². The molecule has 2 aliphatic carbocycles. The third-order valence-corrected chi connectivity index (χ3v) is 16.6. The van der Waals surface area contributed by atoms with E-state index in [2.05, 4.69) is 253 Å². The van der Waals surface area contributed by atoms with Crippen LogP contribution in [0, 0.1) is 0 Å². The molecule has 4 heteroatoms. The lowest BCUT2D eigenvalue weighted by molar-refractivity contribution is 0.353. The molecule has 0 bridgehead atoms. The molecule has 2 heterocycles. The molecule has 1 saturated carbocycles. The van der Waals surface area contributed by atoms with Crippen molar-refractivity contribution >= 4 is 55.0 Å². The van der Waals surface area contributed by atoms with Crippen molar-refractivity contribution in [1.29, 1.82) is 0 Å². The summed E-state index contributed by atoms with van der Waals surface area (Å²) in [6, 6.07) is 89.2. The Morgan fingerprint density at radius 3 is 1.79 bits per heavy atom. The van der Waals surface area contributed by atoms with Gasteiger partial charge in [0.25, 0.3) is 0 Å². The van der Waals surface area contributed by atoms with Gasteiger partial charge in [-0.15, -0.1) is 0 Å². The predicted octanol–water partition coefficient (Wildman–Crippen LogP) is 17.8. The molecule has 1 fully saturated rings. The fourth-order valence-electron chi connectivity index (χ4n) is 12.9. The summed E-state index contributed by atoms with van der Waals surface area (Å²) in [5.41, 5.74) is 19.7. The number of fused-ring (bicyclic) bond motifs is 11. The lowest BCUT2D eigenvalue weighted by Gasteiger charge is -2.36. The van der Waals surface area contributed by atoms with E-state index in [-0.39, 0.29) is 11.6 Å². The molecule has 0 amide bonds. The minimum Gasteiger partial charge on any atom is -0.344 e. The smallest absolute Gasteiger partial charge is 0.159 e. The number of benzene rings is 11. The summed E-state index contributed by atoms with van der Waals surface area (Å²) in [4.78, 5) is 10.7. The molecule has 1 aromatic heterocycles. The molecule has 356 valence electrons. The third-order valence-electron chi connectivity index (χ3n) is 16.6. The number of nitrogens with one attached hydrogen (secondary N) is 1. The van der Waals surface area contributed by atoms with Crippen molar-refractivity contribution in [3.05, 3.63) is 270 Å². The first-order chi connectivity index (χ1) is 37.1. The van der Waals surface area contributed by atoms with Crippen LogP contribution in [-0.4, -0.2) is 16.2 Å². The molecule has 1 spiro atoms. The highest BCUT2D eigenvalue weighted by molar-refractivity contribution is 6.20. The number of nitrogens with zero attached hydrogens (tertiary/aromatic N) is 3. The Hall–Kier alpha value is -9.12. The van der Waals surface area contributed by atoms with Crippen LogP contribution in [0.25, 0.3) is 93.5 Å². The first-order valence-corrected chi connectivity index (χ1v) is 26.6. The average Bonchev–Trinajstić information content (AvgIpc) is 4.03. The topological polar surface area (TPSA) is 41.7 Å². The highest BCUT2D eigenvalue weighted by atomic mass is 15.2. The number of aliphatic imine (C=N–C) groups is 2. The number of hydrogen-bond acceptors (Lipinski definition) is 3. The second-order valence-corrected chi connectivity index (χ2v) is 20.8. The summed E-state index contributed by atoms with van der Waals surface area (Å²) in [5.74, 6) is 1.49. The van der Waals surface area contributed by atoms with Gasteiger partial charge >= 0.3 is 0 Å². The molecule has 0 saturated heterocycles. The molecule has 4 nitrogen and oxygen atoms in total. The van der Waals surface area contributed by atoms with Crippen molar-refractivity contribution in [3.8, 4) is 50.2 Å². The monoisotopic (exact) mass is 960 g/mol. The number of rotatable bonds is 7. The molecule has 11 aromatic carbocycles. The Balaban J connectivity index is 0.830. The van der Waals surface area contributed by atoms with E-state index >= 15 is 0 Å². The summed E-state index contributed by atoms with van der Waals surface area (Å²) in [5, 5.41) is 11.1. The van der Waals surface area contributed by atoms with Gasteiger partial charge in [-0.05, 0) is 150 Å². The van der Waals surface area contributed by atoms with Gasteiger partial charge in [-0.2, -0.15) is 0 Å². The first kappa shape index (κ1) is 43.5. The Morgan fingerprint density at radius 2 is 1.00 bits per heavy atom. The first-order valence-electron chi connectivity index (χ1n) is 26.6. The van der Waals surface area contributed by atoms with Crippen LogP contribution in [0.15, 0.2) is 253 Å². The molecule has 12 aromatic rings. The number of hydrogen-bond donors (Lipinski definition) is 1. The molecule has 1 N–H and O–H groups in total. The van der Waals surface area contributed by atoms with Crippen molar-refractivity contribution in [2.45, 2.75) is 43.7 Å². The van der Waals surface area contributed by atoms with Gasteiger partial charge < -0.3 is 9.88 Å². The normalized spacial score (nSPS) is 15.7. The van der Waals surface area contributed by atoms with Crippen LogP contribution >= 0.6 is 0 Å². The Bertz CT molecular complexity index is 4270. The van der Waals surface area contributed by atoms with E-state index < -0.39 is 0 Å². The maximum atomic E-state index is 5.44.